The number of benzene rings is 1. The molecule has 1 aliphatic rings. The van der Waals surface area contributed by atoms with Gasteiger partial charge in [-0.2, -0.15) is 4.98 Å². The zero-order valence-electron chi connectivity index (χ0n) is 11.5. The molecular formula is C14H19N5O. The molecule has 3 rings (SSSR count). The smallest absolute Gasteiger partial charge is 0.239 e. The molecule has 20 heavy (non-hydrogen) atoms. The summed E-state index contributed by atoms with van der Waals surface area (Å²) in [5.41, 5.74) is 3.39. The van der Waals surface area contributed by atoms with Gasteiger partial charge in [0.05, 0.1) is 11.6 Å². The summed E-state index contributed by atoms with van der Waals surface area (Å²) in [6.45, 7) is 0. The lowest BCUT2D eigenvalue weighted by Gasteiger charge is -2.16. The number of nitrogen functional groups attached to an aromatic ring is 1. The monoisotopic (exact) mass is 273 g/mol. The predicted octanol–water partition coefficient (Wildman–Crippen LogP) is 1.89. The van der Waals surface area contributed by atoms with E-state index in [1.807, 2.05) is 24.3 Å². The van der Waals surface area contributed by atoms with Crippen molar-refractivity contribution in [3.8, 4) is 0 Å². The number of hydrogen-bond donors (Lipinski definition) is 3. The Bertz CT molecular complexity index is 603. The highest BCUT2D eigenvalue weighted by atomic mass is 16.5. The van der Waals surface area contributed by atoms with Crippen LogP contribution in [0.3, 0.4) is 0 Å². The van der Waals surface area contributed by atoms with Gasteiger partial charge in [-0.15, -0.1) is 0 Å². The first-order chi connectivity index (χ1) is 9.80. The van der Waals surface area contributed by atoms with Crippen molar-refractivity contribution in [3.05, 3.63) is 24.3 Å². The van der Waals surface area contributed by atoms with Crippen LogP contribution in [-0.4, -0.2) is 29.2 Å². The van der Waals surface area contributed by atoms with Crippen LogP contribution < -0.4 is 16.6 Å². The summed E-state index contributed by atoms with van der Waals surface area (Å²) >= 11 is 0. The summed E-state index contributed by atoms with van der Waals surface area (Å²) in [6, 6.07) is 8.29. The first-order valence-electron chi connectivity index (χ1n) is 6.83. The summed E-state index contributed by atoms with van der Waals surface area (Å²) in [7, 11) is 1.77. The van der Waals surface area contributed by atoms with Crippen LogP contribution in [0.15, 0.2) is 24.3 Å². The number of nitrogens with zero attached hydrogens (tertiary/aromatic N) is 2. The largest absolute Gasteiger partial charge is 0.381 e. The third-order valence-electron chi connectivity index (χ3n) is 3.79. The van der Waals surface area contributed by atoms with E-state index in [-0.39, 0.29) is 0 Å². The Hall–Kier alpha value is -1.92. The Morgan fingerprint density at radius 1 is 1.25 bits per heavy atom. The summed E-state index contributed by atoms with van der Waals surface area (Å²) in [5, 5.41) is 4.50. The van der Waals surface area contributed by atoms with Crippen LogP contribution in [-0.2, 0) is 4.74 Å². The van der Waals surface area contributed by atoms with E-state index in [0.717, 1.165) is 36.0 Å². The fraction of sp³-hybridized carbons (Fsp3) is 0.429. The summed E-state index contributed by atoms with van der Waals surface area (Å²) < 4.78 is 5.41. The van der Waals surface area contributed by atoms with Crippen molar-refractivity contribution in [1.82, 2.24) is 9.97 Å². The molecule has 1 saturated carbocycles. The number of aromatic nitrogens is 2. The maximum atomic E-state index is 5.44. The lowest BCUT2D eigenvalue weighted by Crippen LogP contribution is -2.19. The van der Waals surface area contributed by atoms with Gasteiger partial charge < -0.3 is 10.1 Å². The molecule has 0 amide bonds. The Morgan fingerprint density at radius 3 is 2.85 bits per heavy atom. The van der Waals surface area contributed by atoms with E-state index in [4.69, 9.17) is 10.6 Å². The van der Waals surface area contributed by atoms with Gasteiger partial charge in [0, 0.05) is 18.5 Å². The normalized spacial score (nSPS) is 22.1. The molecule has 0 bridgehead atoms. The molecule has 6 nitrogen and oxygen atoms in total. The topological polar surface area (TPSA) is 85.1 Å². The van der Waals surface area contributed by atoms with Gasteiger partial charge in [-0.25, -0.2) is 10.8 Å². The van der Waals surface area contributed by atoms with Crippen LogP contribution in [0.25, 0.3) is 10.9 Å². The predicted molar refractivity (Wildman–Crippen MR) is 79.4 cm³/mol. The lowest BCUT2D eigenvalue weighted by atomic mass is 10.2. The molecule has 1 fully saturated rings. The van der Waals surface area contributed by atoms with Gasteiger partial charge in [0.2, 0.25) is 5.95 Å². The summed E-state index contributed by atoms with van der Waals surface area (Å²) in [4.78, 5) is 8.78. The number of anilines is 2. The number of methoxy groups -OCH3 is 1. The molecule has 0 saturated heterocycles. The standard InChI is InChI=1S/C14H19N5O/c1-20-10-7-6-9(8-10)16-13-11-4-2-3-5-12(11)17-14(18-13)19-15/h2-5,9-10H,6-8,15H2,1H3,(H2,16,17,18,19). The van der Waals surface area contributed by atoms with E-state index in [9.17, 15) is 0 Å². The fourth-order valence-corrected chi connectivity index (χ4v) is 2.73. The van der Waals surface area contributed by atoms with E-state index in [0.29, 0.717) is 18.1 Å². The van der Waals surface area contributed by atoms with Gasteiger partial charge in [-0.1, -0.05) is 12.1 Å². The van der Waals surface area contributed by atoms with Gasteiger partial charge in [-0.3, -0.25) is 5.43 Å². The fourth-order valence-electron chi connectivity index (χ4n) is 2.73. The maximum absolute atomic E-state index is 5.44. The molecular weight excluding hydrogens is 254 g/mol. The number of nitrogens with two attached hydrogens (primary N) is 1. The zero-order chi connectivity index (χ0) is 13.9. The van der Waals surface area contributed by atoms with Crippen LogP contribution in [0.2, 0.25) is 0 Å². The van der Waals surface area contributed by atoms with E-state index in [1.165, 1.54) is 0 Å². The number of nitrogens with one attached hydrogen (secondary N) is 2. The molecule has 0 aliphatic heterocycles. The Morgan fingerprint density at radius 2 is 2.10 bits per heavy atom. The molecule has 1 aromatic carbocycles. The van der Waals surface area contributed by atoms with Crippen molar-refractivity contribution in [2.24, 2.45) is 5.84 Å². The Kier molecular flexibility index (Phi) is 3.66. The number of hydrogen-bond acceptors (Lipinski definition) is 6. The van der Waals surface area contributed by atoms with Crippen molar-refractivity contribution in [2.75, 3.05) is 17.9 Å². The van der Waals surface area contributed by atoms with Crippen molar-refractivity contribution >= 4 is 22.7 Å². The number of ether oxygens (including phenoxy) is 1. The Labute approximate surface area is 117 Å². The highest BCUT2D eigenvalue weighted by Gasteiger charge is 2.25. The van der Waals surface area contributed by atoms with E-state index in [2.05, 4.69) is 20.7 Å². The van der Waals surface area contributed by atoms with Crippen LogP contribution >= 0.6 is 0 Å². The molecule has 4 N–H and O–H groups in total. The summed E-state index contributed by atoms with van der Waals surface area (Å²) in [6.07, 6.45) is 3.51. The van der Waals surface area contributed by atoms with E-state index in [1.54, 1.807) is 7.11 Å². The molecule has 0 spiro atoms. The highest BCUT2D eigenvalue weighted by Crippen LogP contribution is 2.28. The molecule has 6 heteroatoms. The minimum atomic E-state index is 0.340. The minimum absolute atomic E-state index is 0.340. The average Bonchev–Trinajstić information content (AvgIpc) is 2.94. The molecule has 106 valence electrons. The highest BCUT2D eigenvalue weighted by molar-refractivity contribution is 5.90. The number of hydrazine groups is 1. The molecule has 1 aliphatic carbocycles. The lowest BCUT2D eigenvalue weighted by molar-refractivity contribution is 0.108. The van der Waals surface area contributed by atoms with Gasteiger partial charge in [0.25, 0.3) is 0 Å². The van der Waals surface area contributed by atoms with Crippen molar-refractivity contribution in [3.63, 3.8) is 0 Å². The van der Waals surface area contributed by atoms with Crippen molar-refractivity contribution in [1.29, 1.82) is 0 Å². The molecule has 0 radical (unpaired) electrons. The van der Waals surface area contributed by atoms with Crippen LogP contribution in [0, 0.1) is 0 Å². The van der Waals surface area contributed by atoms with Gasteiger partial charge in [-0.05, 0) is 31.4 Å². The minimum Gasteiger partial charge on any atom is -0.381 e. The van der Waals surface area contributed by atoms with E-state index >= 15 is 0 Å². The molecule has 2 atom stereocenters. The molecule has 1 aromatic heterocycles. The SMILES string of the molecule is COC1CCC(Nc2nc(NN)nc3ccccc23)C1. The van der Waals surface area contributed by atoms with E-state index < -0.39 is 0 Å². The second-order valence-electron chi connectivity index (χ2n) is 5.07. The van der Waals surface area contributed by atoms with Crippen LogP contribution in [0.4, 0.5) is 11.8 Å². The second kappa shape index (κ2) is 5.60. The van der Waals surface area contributed by atoms with Gasteiger partial charge >= 0.3 is 0 Å². The van der Waals surface area contributed by atoms with Crippen LogP contribution in [0.1, 0.15) is 19.3 Å². The number of fused-ring (bicyclic) bond motifs is 1. The Balaban J connectivity index is 1.90. The quantitative estimate of drug-likeness (QED) is 0.582. The maximum Gasteiger partial charge on any atom is 0.239 e. The van der Waals surface area contributed by atoms with Crippen molar-refractivity contribution in [2.45, 2.75) is 31.4 Å². The average molecular weight is 273 g/mol. The molecule has 2 unspecified atom stereocenters. The first-order valence-corrected chi connectivity index (χ1v) is 6.83. The molecule has 2 aromatic rings. The van der Waals surface area contributed by atoms with Gasteiger partial charge in [0.15, 0.2) is 0 Å². The second-order valence-corrected chi connectivity index (χ2v) is 5.07. The third-order valence-corrected chi connectivity index (χ3v) is 3.79. The molecule has 1 heterocycles. The van der Waals surface area contributed by atoms with Crippen LogP contribution in [0.5, 0.6) is 0 Å². The van der Waals surface area contributed by atoms with Gasteiger partial charge in [0.1, 0.15) is 5.82 Å². The first kappa shape index (κ1) is 13.1. The number of rotatable bonds is 4. The third kappa shape index (κ3) is 2.52. The number of para-hydroxylation sites is 1. The summed E-state index contributed by atoms with van der Waals surface area (Å²) in [5.74, 6) is 6.69. The zero-order valence-corrected chi connectivity index (χ0v) is 11.5. The van der Waals surface area contributed by atoms with Crippen molar-refractivity contribution < 1.29 is 4.74 Å².